The summed E-state index contributed by atoms with van der Waals surface area (Å²) in [5.41, 5.74) is 0.140. The van der Waals surface area contributed by atoms with Gasteiger partial charge in [-0.25, -0.2) is 4.39 Å². The highest BCUT2D eigenvalue weighted by atomic mass is 32.2. The Labute approximate surface area is 102 Å². The molecule has 0 saturated heterocycles. The van der Waals surface area contributed by atoms with Crippen LogP contribution in [0.4, 0.5) is 10.1 Å². The first-order chi connectivity index (χ1) is 8.09. The van der Waals surface area contributed by atoms with Crippen molar-refractivity contribution in [1.29, 1.82) is 0 Å². The fourth-order valence-electron chi connectivity index (χ4n) is 1.10. The molecule has 0 heterocycles. The fourth-order valence-corrected chi connectivity index (χ4v) is 1.75. The van der Waals surface area contributed by atoms with Gasteiger partial charge in [-0.1, -0.05) is 12.1 Å². The maximum atomic E-state index is 13.1. The molecular formula is C11H12FNO3S. The summed E-state index contributed by atoms with van der Waals surface area (Å²) in [6.45, 7) is 0. The molecule has 92 valence electrons. The molecule has 1 aromatic rings. The largest absolute Gasteiger partial charge is 0.481 e. The van der Waals surface area contributed by atoms with Crippen LogP contribution in [0.5, 0.6) is 0 Å². The average Bonchev–Trinajstić information content (AvgIpc) is 2.27. The molecule has 2 N–H and O–H groups in total. The molecule has 0 aliphatic heterocycles. The van der Waals surface area contributed by atoms with Gasteiger partial charge in [0.05, 0.1) is 11.4 Å². The van der Waals surface area contributed by atoms with E-state index in [9.17, 15) is 14.0 Å². The molecular weight excluding hydrogens is 245 g/mol. The highest BCUT2D eigenvalue weighted by Gasteiger charge is 2.06. The number of benzene rings is 1. The first-order valence-corrected chi connectivity index (χ1v) is 6.09. The Hall–Kier alpha value is -1.56. The van der Waals surface area contributed by atoms with Crippen molar-refractivity contribution in [1.82, 2.24) is 0 Å². The number of thioether (sulfide) groups is 1. The minimum absolute atomic E-state index is 0.0347. The number of para-hydroxylation sites is 1. The van der Waals surface area contributed by atoms with Gasteiger partial charge in [0.2, 0.25) is 5.91 Å². The lowest BCUT2D eigenvalue weighted by molar-refractivity contribution is -0.134. The Kier molecular flexibility index (Phi) is 5.48. The van der Waals surface area contributed by atoms with Crippen LogP contribution in [-0.2, 0) is 9.59 Å². The summed E-state index contributed by atoms with van der Waals surface area (Å²) < 4.78 is 13.1. The van der Waals surface area contributed by atoms with Crippen molar-refractivity contribution < 1.29 is 19.1 Å². The van der Waals surface area contributed by atoms with Crippen LogP contribution >= 0.6 is 11.8 Å². The highest BCUT2D eigenvalue weighted by molar-refractivity contribution is 7.99. The van der Waals surface area contributed by atoms with Crippen LogP contribution in [0, 0.1) is 5.82 Å². The topological polar surface area (TPSA) is 66.4 Å². The first-order valence-electron chi connectivity index (χ1n) is 4.93. The molecule has 0 unspecified atom stereocenters. The molecule has 0 radical (unpaired) electrons. The fraction of sp³-hybridized carbons (Fsp3) is 0.273. The third kappa shape index (κ3) is 5.35. The molecule has 0 atom stereocenters. The van der Waals surface area contributed by atoms with E-state index in [1.165, 1.54) is 18.2 Å². The van der Waals surface area contributed by atoms with Crippen molar-refractivity contribution in [2.45, 2.75) is 6.42 Å². The number of aliphatic carboxylic acids is 1. The first kappa shape index (κ1) is 13.5. The minimum atomic E-state index is -0.912. The van der Waals surface area contributed by atoms with Crippen LogP contribution in [0.3, 0.4) is 0 Å². The molecule has 0 fully saturated rings. The Morgan fingerprint density at radius 1 is 1.35 bits per heavy atom. The second kappa shape index (κ2) is 6.90. The number of amides is 1. The van der Waals surface area contributed by atoms with E-state index in [1.807, 2.05) is 0 Å². The van der Waals surface area contributed by atoms with E-state index < -0.39 is 11.8 Å². The lowest BCUT2D eigenvalue weighted by atomic mass is 10.3. The molecule has 1 amide bonds. The zero-order valence-corrected chi connectivity index (χ0v) is 9.80. The van der Waals surface area contributed by atoms with Crippen LogP contribution in [0.25, 0.3) is 0 Å². The third-order valence-electron chi connectivity index (χ3n) is 1.85. The maximum absolute atomic E-state index is 13.1. The van der Waals surface area contributed by atoms with Crippen molar-refractivity contribution in [3.63, 3.8) is 0 Å². The molecule has 1 rings (SSSR count). The zero-order chi connectivity index (χ0) is 12.7. The van der Waals surface area contributed by atoms with Gasteiger partial charge < -0.3 is 10.4 Å². The average molecular weight is 257 g/mol. The number of hydrogen-bond donors (Lipinski definition) is 2. The summed E-state index contributed by atoms with van der Waals surface area (Å²) in [5, 5.41) is 10.8. The van der Waals surface area contributed by atoms with Crippen molar-refractivity contribution in [2.24, 2.45) is 0 Å². The zero-order valence-electron chi connectivity index (χ0n) is 8.98. The second-order valence-electron chi connectivity index (χ2n) is 3.22. The van der Waals surface area contributed by atoms with E-state index >= 15 is 0 Å². The predicted molar refractivity (Wildman–Crippen MR) is 64.6 cm³/mol. The summed E-state index contributed by atoms with van der Waals surface area (Å²) in [4.78, 5) is 21.6. The standard InChI is InChI=1S/C11H12FNO3S/c12-8-3-1-2-4-9(8)13-10(14)5-6-17-7-11(15)16/h1-4H,5-7H2,(H,13,14)(H,15,16). The van der Waals surface area contributed by atoms with Gasteiger partial charge in [0.25, 0.3) is 0 Å². The van der Waals surface area contributed by atoms with Gasteiger partial charge in [-0.3, -0.25) is 9.59 Å². The molecule has 0 aromatic heterocycles. The number of nitrogens with one attached hydrogen (secondary N) is 1. The Morgan fingerprint density at radius 3 is 2.71 bits per heavy atom. The number of carbonyl (C=O) groups excluding carboxylic acids is 1. The molecule has 1 aromatic carbocycles. The van der Waals surface area contributed by atoms with Crippen LogP contribution < -0.4 is 5.32 Å². The number of carboxylic acid groups (broad SMARTS) is 1. The lowest BCUT2D eigenvalue weighted by Crippen LogP contribution is -2.13. The summed E-state index contributed by atoms with van der Waals surface area (Å²) in [6.07, 6.45) is 0.159. The van der Waals surface area contributed by atoms with Crippen molar-refractivity contribution >= 4 is 29.3 Å². The molecule has 0 spiro atoms. The van der Waals surface area contributed by atoms with E-state index in [2.05, 4.69) is 5.32 Å². The number of carbonyl (C=O) groups is 2. The Morgan fingerprint density at radius 2 is 2.06 bits per heavy atom. The van der Waals surface area contributed by atoms with Crippen molar-refractivity contribution in [3.05, 3.63) is 30.1 Å². The quantitative estimate of drug-likeness (QED) is 0.765. The van der Waals surface area contributed by atoms with Gasteiger partial charge in [0, 0.05) is 12.2 Å². The van der Waals surface area contributed by atoms with Gasteiger partial charge in [0.1, 0.15) is 5.82 Å². The molecule has 0 aliphatic rings. The summed E-state index contributed by atoms with van der Waals surface area (Å²) in [6, 6.07) is 5.89. The van der Waals surface area contributed by atoms with Crippen LogP contribution in [0.15, 0.2) is 24.3 Å². The van der Waals surface area contributed by atoms with E-state index in [4.69, 9.17) is 5.11 Å². The van der Waals surface area contributed by atoms with Gasteiger partial charge in [-0.05, 0) is 12.1 Å². The number of hydrogen-bond acceptors (Lipinski definition) is 3. The van der Waals surface area contributed by atoms with E-state index in [-0.39, 0.29) is 23.8 Å². The van der Waals surface area contributed by atoms with Gasteiger partial charge in [-0.2, -0.15) is 0 Å². The van der Waals surface area contributed by atoms with E-state index in [1.54, 1.807) is 6.07 Å². The number of rotatable bonds is 6. The predicted octanol–water partition coefficient (Wildman–Crippen LogP) is 1.97. The van der Waals surface area contributed by atoms with Crippen molar-refractivity contribution in [2.75, 3.05) is 16.8 Å². The summed E-state index contributed by atoms with van der Waals surface area (Å²) in [5.74, 6) is -1.36. The maximum Gasteiger partial charge on any atom is 0.313 e. The number of anilines is 1. The van der Waals surface area contributed by atoms with Gasteiger partial charge in [0.15, 0.2) is 0 Å². The normalized spacial score (nSPS) is 9.94. The molecule has 17 heavy (non-hydrogen) atoms. The number of halogens is 1. The van der Waals surface area contributed by atoms with E-state index in [0.717, 1.165) is 11.8 Å². The summed E-state index contributed by atoms with van der Waals surface area (Å²) in [7, 11) is 0. The van der Waals surface area contributed by atoms with Crippen molar-refractivity contribution in [3.8, 4) is 0 Å². The Balaban J connectivity index is 2.30. The molecule has 0 aliphatic carbocycles. The lowest BCUT2D eigenvalue weighted by Gasteiger charge is -2.05. The molecule has 4 nitrogen and oxygen atoms in total. The van der Waals surface area contributed by atoms with Crippen LogP contribution in [0.1, 0.15) is 6.42 Å². The van der Waals surface area contributed by atoms with Crippen LogP contribution in [0.2, 0.25) is 0 Å². The molecule has 6 heteroatoms. The monoisotopic (exact) mass is 257 g/mol. The van der Waals surface area contributed by atoms with Gasteiger partial charge >= 0.3 is 5.97 Å². The van der Waals surface area contributed by atoms with Gasteiger partial charge in [-0.15, -0.1) is 11.8 Å². The SMILES string of the molecule is O=C(O)CSCCC(=O)Nc1ccccc1F. The number of carboxylic acids is 1. The second-order valence-corrected chi connectivity index (χ2v) is 4.33. The molecule has 0 saturated carbocycles. The highest BCUT2D eigenvalue weighted by Crippen LogP contribution is 2.13. The smallest absolute Gasteiger partial charge is 0.313 e. The van der Waals surface area contributed by atoms with E-state index in [0.29, 0.717) is 5.75 Å². The molecule has 0 bridgehead atoms. The van der Waals surface area contributed by atoms with Crippen LogP contribution in [-0.4, -0.2) is 28.5 Å². The summed E-state index contributed by atoms with van der Waals surface area (Å²) >= 11 is 1.15. The third-order valence-corrected chi connectivity index (χ3v) is 2.79. The minimum Gasteiger partial charge on any atom is -0.481 e. The Bertz CT molecular complexity index is 411.